The molecule has 1 aromatic carbocycles. The normalized spacial score (nSPS) is 16.6. The Morgan fingerprint density at radius 2 is 2.00 bits per heavy atom. The Labute approximate surface area is 108 Å². The number of carbonyl (C=O) groups is 1. The number of halogens is 1. The van der Waals surface area contributed by atoms with Crippen LogP contribution in [0.25, 0.3) is 0 Å². The Balaban J connectivity index is 0.00000144. The summed E-state index contributed by atoms with van der Waals surface area (Å²) in [5.41, 5.74) is 8.48. The van der Waals surface area contributed by atoms with Crippen molar-refractivity contribution in [2.24, 2.45) is 5.73 Å². The van der Waals surface area contributed by atoms with Crippen LogP contribution in [0.4, 0.5) is 5.69 Å². The number of rotatable bonds is 2. The smallest absolute Gasteiger partial charge is 0.244 e. The molecule has 3 nitrogen and oxygen atoms in total. The minimum Gasteiger partial charge on any atom is -0.324 e. The minimum absolute atomic E-state index is 0. The second-order valence-electron chi connectivity index (χ2n) is 4.78. The van der Waals surface area contributed by atoms with Crippen molar-refractivity contribution in [2.75, 3.05) is 5.32 Å². The van der Waals surface area contributed by atoms with E-state index in [1.165, 1.54) is 5.56 Å². The Kier molecular flexibility index (Phi) is 4.17. The molecular formula is C13H19ClN2O. The fourth-order valence-electron chi connectivity index (χ4n) is 1.99. The third-order valence-electron chi connectivity index (χ3n) is 3.33. The molecule has 0 aliphatic heterocycles. The number of nitrogens with two attached hydrogens (primary N) is 1. The first-order valence-electron chi connectivity index (χ1n) is 5.69. The first-order chi connectivity index (χ1) is 7.51. The van der Waals surface area contributed by atoms with Crippen molar-refractivity contribution in [1.82, 2.24) is 0 Å². The fraction of sp³-hybridized carbons (Fsp3) is 0.462. The Morgan fingerprint density at radius 1 is 1.35 bits per heavy atom. The summed E-state index contributed by atoms with van der Waals surface area (Å²) in [7, 11) is 0. The van der Waals surface area contributed by atoms with E-state index < -0.39 is 5.54 Å². The van der Waals surface area contributed by atoms with Crippen molar-refractivity contribution in [3.63, 3.8) is 0 Å². The van der Waals surface area contributed by atoms with Crippen LogP contribution in [0.1, 0.15) is 30.4 Å². The molecule has 0 saturated heterocycles. The van der Waals surface area contributed by atoms with Gasteiger partial charge in [0.25, 0.3) is 0 Å². The molecule has 0 atom stereocenters. The molecule has 1 fully saturated rings. The lowest BCUT2D eigenvalue weighted by atomic mass is 9.77. The number of amides is 1. The molecule has 1 saturated carbocycles. The van der Waals surface area contributed by atoms with Crippen molar-refractivity contribution in [1.29, 1.82) is 0 Å². The summed E-state index contributed by atoms with van der Waals surface area (Å²) < 4.78 is 0. The predicted octanol–water partition coefficient (Wildman–Crippen LogP) is 2.55. The summed E-state index contributed by atoms with van der Waals surface area (Å²) >= 11 is 0. The van der Waals surface area contributed by atoms with Gasteiger partial charge in [-0.15, -0.1) is 12.4 Å². The van der Waals surface area contributed by atoms with E-state index in [2.05, 4.69) is 11.4 Å². The molecule has 0 unspecified atom stereocenters. The average Bonchev–Trinajstić information content (AvgIpc) is 2.18. The maximum atomic E-state index is 11.9. The zero-order chi connectivity index (χ0) is 11.8. The maximum Gasteiger partial charge on any atom is 0.244 e. The zero-order valence-corrected chi connectivity index (χ0v) is 11.1. The predicted molar refractivity (Wildman–Crippen MR) is 72.6 cm³/mol. The van der Waals surface area contributed by atoms with Crippen LogP contribution in [-0.4, -0.2) is 11.4 Å². The highest BCUT2D eigenvalue weighted by Crippen LogP contribution is 2.30. The Morgan fingerprint density at radius 3 is 2.47 bits per heavy atom. The van der Waals surface area contributed by atoms with E-state index in [1.807, 2.05) is 26.0 Å². The molecule has 1 aliphatic carbocycles. The van der Waals surface area contributed by atoms with Gasteiger partial charge in [0.1, 0.15) is 0 Å². The van der Waals surface area contributed by atoms with E-state index in [0.29, 0.717) is 0 Å². The Bertz CT molecular complexity index is 427. The molecule has 1 amide bonds. The largest absolute Gasteiger partial charge is 0.324 e. The number of anilines is 1. The van der Waals surface area contributed by atoms with Gasteiger partial charge in [0.05, 0.1) is 5.54 Å². The maximum absolute atomic E-state index is 11.9. The number of carbonyl (C=O) groups excluding carboxylic acids is 1. The Hall–Kier alpha value is -1.06. The summed E-state index contributed by atoms with van der Waals surface area (Å²) in [4.78, 5) is 11.9. The van der Waals surface area contributed by atoms with Gasteiger partial charge < -0.3 is 11.1 Å². The van der Waals surface area contributed by atoms with Crippen LogP contribution in [0.5, 0.6) is 0 Å². The molecule has 2 rings (SSSR count). The monoisotopic (exact) mass is 254 g/mol. The number of hydrogen-bond donors (Lipinski definition) is 2. The van der Waals surface area contributed by atoms with Crippen molar-refractivity contribution in [3.05, 3.63) is 29.3 Å². The molecule has 0 aromatic heterocycles. The molecule has 94 valence electrons. The number of benzene rings is 1. The van der Waals surface area contributed by atoms with Crippen LogP contribution >= 0.6 is 12.4 Å². The van der Waals surface area contributed by atoms with Crippen molar-refractivity contribution >= 4 is 24.0 Å². The second-order valence-corrected chi connectivity index (χ2v) is 4.78. The van der Waals surface area contributed by atoms with E-state index in [0.717, 1.165) is 30.5 Å². The lowest BCUT2D eigenvalue weighted by Crippen LogP contribution is -2.56. The quantitative estimate of drug-likeness (QED) is 0.852. The summed E-state index contributed by atoms with van der Waals surface area (Å²) in [5, 5.41) is 2.92. The van der Waals surface area contributed by atoms with Gasteiger partial charge >= 0.3 is 0 Å². The highest BCUT2D eigenvalue weighted by atomic mass is 35.5. The van der Waals surface area contributed by atoms with Gasteiger partial charge in [0.2, 0.25) is 5.91 Å². The van der Waals surface area contributed by atoms with Gasteiger partial charge in [0, 0.05) is 5.69 Å². The van der Waals surface area contributed by atoms with Crippen molar-refractivity contribution in [3.8, 4) is 0 Å². The molecule has 0 spiro atoms. The second kappa shape index (κ2) is 5.07. The summed E-state index contributed by atoms with van der Waals surface area (Å²) in [6.07, 6.45) is 2.64. The average molecular weight is 255 g/mol. The van der Waals surface area contributed by atoms with E-state index in [-0.39, 0.29) is 18.3 Å². The van der Waals surface area contributed by atoms with Gasteiger partial charge in [-0.25, -0.2) is 0 Å². The standard InChI is InChI=1S/C13H18N2O.ClH/c1-9-4-5-11(10(2)8-9)15-12(16)13(14)6-3-7-13;/h4-5,8H,3,6-7,14H2,1-2H3,(H,15,16);1H. The van der Waals surface area contributed by atoms with E-state index in [4.69, 9.17) is 5.73 Å². The summed E-state index contributed by atoms with van der Waals surface area (Å²) in [6, 6.07) is 5.98. The summed E-state index contributed by atoms with van der Waals surface area (Å²) in [6.45, 7) is 4.03. The molecule has 0 heterocycles. The van der Waals surface area contributed by atoms with Crippen LogP contribution in [-0.2, 0) is 4.79 Å². The lowest BCUT2D eigenvalue weighted by molar-refractivity contribution is -0.123. The first kappa shape index (κ1) is 14.0. The third-order valence-corrected chi connectivity index (χ3v) is 3.33. The van der Waals surface area contributed by atoms with E-state index >= 15 is 0 Å². The van der Waals surface area contributed by atoms with Crippen LogP contribution in [0.15, 0.2) is 18.2 Å². The summed E-state index contributed by atoms with van der Waals surface area (Å²) in [5.74, 6) is -0.0503. The third kappa shape index (κ3) is 2.79. The lowest BCUT2D eigenvalue weighted by Gasteiger charge is -2.36. The van der Waals surface area contributed by atoms with Crippen molar-refractivity contribution in [2.45, 2.75) is 38.6 Å². The van der Waals surface area contributed by atoms with Gasteiger partial charge in [-0.2, -0.15) is 0 Å². The number of aryl methyl sites for hydroxylation is 2. The molecule has 0 radical (unpaired) electrons. The molecule has 1 aliphatic rings. The number of nitrogens with one attached hydrogen (secondary N) is 1. The SMILES string of the molecule is Cc1ccc(NC(=O)C2(N)CCC2)c(C)c1.Cl. The number of hydrogen-bond acceptors (Lipinski definition) is 2. The fourth-order valence-corrected chi connectivity index (χ4v) is 1.99. The van der Waals surface area contributed by atoms with E-state index in [1.54, 1.807) is 0 Å². The molecular weight excluding hydrogens is 236 g/mol. The zero-order valence-electron chi connectivity index (χ0n) is 10.2. The molecule has 4 heteroatoms. The highest BCUT2D eigenvalue weighted by molar-refractivity contribution is 5.99. The van der Waals surface area contributed by atoms with Crippen molar-refractivity contribution < 1.29 is 4.79 Å². The molecule has 3 N–H and O–H groups in total. The molecule has 17 heavy (non-hydrogen) atoms. The van der Waals surface area contributed by atoms with Crippen LogP contribution in [0.2, 0.25) is 0 Å². The molecule has 1 aromatic rings. The minimum atomic E-state index is -0.628. The van der Waals surface area contributed by atoms with E-state index in [9.17, 15) is 4.79 Å². The van der Waals surface area contributed by atoms with Gasteiger partial charge in [-0.3, -0.25) is 4.79 Å². The van der Waals surface area contributed by atoms with Gasteiger partial charge in [-0.05, 0) is 44.7 Å². The first-order valence-corrected chi connectivity index (χ1v) is 5.69. The highest BCUT2D eigenvalue weighted by Gasteiger charge is 2.40. The van der Waals surface area contributed by atoms with Crippen LogP contribution < -0.4 is 11.1 Å². The van der Waals surface area contributed by atoms with Crippen LogP contribution in [0.3, 0.4) is 0 Å². The van der Waals surface area contributed by atoms with Gasteiger partial charge in [-0.1, -0.05) is 17.7 Å². The van der Waals surface area contributed by atoms with Crippen LogP contribution in [0, 0.1) is 13.8 Å². The molecule has 0 bridgehead atoms. The topological polar surface area (TPSA) is 55.1 Å². The van der Waals surface area contributed by atoms with Gasteiger partial charge in [0.15, 0.2) is 0 Å².